The van der Waals surface area contributed by atoms with Gasteiger partial charge in [-0.25, -0.2) is 0 Å². The highest BCUT2D eigenvalue weighted by atomic mass is 35.5. The van der Waals surface area contributed by atoms with Gasteiger partial charge in [0, 0.05) is 31.2 Å². The number of ether oxygens (including phenoxy) is 2. The summed E-state index contributed by atoms with van der Waals surface area (Å²) in [6.07, 6.45) is 2.00. The molecule has 0 aliphatic heterocycles. The lowest BCUT2D eigenvalue weighted by molar-refractivity contribution is -0.130. The van der Waals surface area contributed by atoms with Crippen molar-refractivity contribution in [3.63, 3.8) is 0 Å². The molecule has 0 saturated carbocycles. The number of nitrogens with zero attached hydrogens (tertiary/aromatic N) is 2. The lowest BCUT2D eigenvalue weighted by atomic mass is 10.0. The molecule has 0 aliphatic carbocycles. The molecule has 0 spiro atoms. The summed E-state index contributed by atoms with van der Waals surface area (Å²) < 4.78 is 10.9. The van der Waals surface area contributed by atoms with Gasteiger partial charge in [0.1, 0.15) is 0 Å². The maximum atomic E-state index is 13.0. The largest absolute Gasteiger partial charge is 0.493 e. The van der Waals surface area contributed by atoms with Crippen molar-refractivity contribution >= 4 is 29.1 Å². The molecule has 0 radical (unpaired) electrons. The smallest absolute Gasteiger partial charge is 0.227 e. The van der Waals surface area contributed by atoms with Crippen molar-refractivity contribution in [1.82, 2.24) is 9.88 Å². The van der Waals surface area contributed by atoms with Gasteiger partial charge in [0.2, 0.25) is 5.91 Å². The number of amides is 1. The monoisotopic (exact) mass is 429 g/mol. The molecule has 3 aromatic rings. The van der Waals surface area contributed by atoms with Gasteiger partial charge >= 0.3 is 0 Å². The number of carbonyl (C=O) groups excluding carboxylic acids is 1. The van der Waals surface area contributed by atoms with Crippen LogP contribution in [-0.4, -0.2) is 36.6 Å². The van der Waals surface area contributed by atoms with Crippen LogP contribution in [0.4, 0.5) is 0 Å². The average molecular weight is 430 g/mol. The molecule has 30 heavy (non-hydrogen) atoms. The Morgan fingerprint density at radius 3 is 2.27 bits per heavy atom. The first kappa shape index (κ1) is 23.4. The van der Waals surface area contributed by atoms with Crippen molar-refractivity contribution in [3.05, 3.63) is 65.5 Å². The Hall–Kier alpha value is -2.83. The van der Waals surface area contributed by atoms with E-state index in [0.717, 1.165) is 27.6 Å². The van der Waals surface area contributed by atoms with Gasteiger partial charge in [0.25, 0.3) is 0 Å². The Labute approximate surface area is 183 Å². The predicted molar refractivity (Wildman–Crippen MR) is 121 cm³/mol. The summed E-state index contributed by atoms with van der Waals surface area (Å²) in [5.41, 5.74) is 8.58. The number of likely N-dealkylation sites (N-methyl/N-ethyl adjacent to an activating group) is 1. The van der Waals surface area contributed by atoms with Gasteiger partial charge in [0.15, 0.2) is 11.5 Å². The average Bonchev–Trinajstić information content (AvgIpc) is 2.77. The molecule has 1 aromatic heterocycles. The number of nitrogens with two attached hydrogens (primary N) is 1. The van der Waals surface area contributed by atoms with Crippen LogP contribution in [0, 0.1) is 0 Å². The van der Waals surface area contributed by atoms with Crippen molar-refractivity contribution < 1.29 is 14.3 Å². The molecule has 0 atom stereocenters. The van der Waals surface area contributed by atoms with Gasteiger partial charge in [-0.1, -0.05) is 30.3 Å². The van der Waals surface area contributed by atoms with Gasteiger partial charge in [-0.15, -0.1) is 12.4 Å². The van der Waals surface area contributed by atoms with Crippen molar-refractivity contribution in [2.45, 2.75) is 26.4 Å². The van der Waals surface area contributed by atoms with Gasteiger partial charge in [-0.05, 0) is 35.6 Å². The number of hydrogen-bond donors (Lipinski definition) is 1. The third-order valence-electron chi connectivity index (χ3n) is 5.04. The van der Waals surface area contributed by atoms with Crippen LogP contribution in [0.2, 0.25) is 0 Å². The number of halogens is 1. The van der Waals surface area contributed by atoms with Crippen molar-refractivity contribution in [3.8, 4) is 11.5 Å². The van der Waals surface area contributed by atoms with E-state index in [4.69, 9.17) is 15.2 Å². The van der Waals surface area contributed by atoms with E-state index >= 15 is 0 Å². The minimum atomic E-state index is 0. The van der Waals surface area contributed by atoms with Gasteiger partial charge < -0.3 is 20.1 Å². The Bertz CT molecular complexity index is 996. The van der Waals surface area contributed by atoms with E-state index < -0.39 is 0 Å². The lowest BCUT2D eigenvalue weighted by Gasteiger charge is -2.22. The summed E-state index contributed by atoms with van der Waals surface area (Å²) in [5, 5.41) is 1.78. The maximum absolute atomic E-state index is 13.0. The number of fused-ring (bicyclic) bond motifs is 1. The van der Waals surface area contributed by atoms with Crippen LogP contribution < -0.4 is 15.2 Å². The highest BCUT2D eigenvalue weighted by molar-refractivity contribution is 5.93. The van der Waals surface area contributed by atoms with Gasteiger partial charge in [0.05, 0.1) is 26.3 Å². The van der Waals surface area contributed by atoms with E-state index in [1.807, 2.05) is 54.3 Å². The molecule has 0 saturated heterocycles. The van der Waals surface area contributed by atoms with E-state index in [0.29, 0.717) is 31.1 Å². The molecule has 0 fully saturated rings. The van der Waals surface area contributed by atoms with Crippen LogP contribution in [0.15, 0.2) is 48.7 Å². The maximum Gasteiger partial charge on any atom is 0.227 e. The van der Waals surface area contributed by atoms with Gasteiger partial charge in [-0.3, -0.25) is 9.78 Å². The van der Waals surface area contributed by atoms with Crippen molar-refractivity contribution in [2.75, 3.05) is 20.8 Å². The molecule has 0 aliphatic rings. The SMILES string of the molecule is CCN(Cc1ccccc1)C(=O)Cc1cnc(CN)c2cc(OC)c(OC)cc12.Cl. The second-order valence-electron chi connectivity index (χ2n) is 6.76. The summed E-state index contributed by atoms with van der Waals surface area (Å²) in [7, 11) is 3.19. The number of hydrogen-bond acceptors (Lipinski definition) is 5. The second-order valence-corrected chi connectivity index (χ2v) is 6.76. The van der Waals surface area contributed by atoms with Crippen LogP contribution in [0.25, 0.3) is 10.8 Å². The summed E-state index contributed by atoms with van der Waals surface area (Å²) in [6.45, 7) is 3.51. The van der Waals surface area contributed by atoms with E-state index in [1.54, 1.807) is 20.4 Å². The number of carbonyl (C=O) groups is 1. The summed E-state index contributed by atoms with van der Waals surface area (Å²) in [4.78, 5) is 19.4. The van der Waals surface area contributed by atoms with Crippen molar-refractivity contribution in [2.24, 2.45) is 5.73 Å². The van der Waals surface area contributed by atoms with Crippen LogP contribution >= 0.6 is 12.4 Å². The van der Waals surface area contributed by atoms with Crippen LogP contribution in [-0.2, 0) is 24.3 Å². The minimum Gasteiger partial charge on any atom is -0.493 e. The molecule has 3 rings (SSSR count). The zero-order valence-corrected chi connectivity index (χ0v) is 18.4. The van der Waals surface area contributed by atoms with Crippen LogP contribution in [0.5, 0.6) is 11.5 Å². The quantitative estimate of drug-likeness (QED) is 0.590. The van der Waals surface area contributed by atoms with E-state index in [2.05, 4.69) is 4.98 Å². The first-order chi connectivity index (χ1) is 14.1. The standard InChI is InChI=1S/C23H27N3O3.ClH/c1-4-26(15-16-8-6-5-7-9-16)23(27)10-17-14-25-20(13-24)19-12-22(29-3)21(28-2)11-18(17)19;/h5-9,11-12,14H,4,10,13,15,24H2,1-3H3;1H. The van der Waals surface area contributed by atoms with Gasteiger partial charge in [-0.2, -0.15) is 0 Å². The lowest BCUT2D eigenvalue weighted by Crippen LogP contribution is -2.31. The van der Waals surface area contributed by atoms with Crippen LogP contribution in [0.3, 0.4) is 0 Å². The molecule has 0 unspecified atom stereocenters. The van der Waals surface area contributed by atoms with E-state index in [1.165, 1.54) is 0 Å². The molecular weight excluding hydrogens is 402 g/mol. The molecular formula is C23H28ClN3O3. The van der Waals surface area contributed by atoms with E-state index in [-0.39, 0.29) is 24.7 Å². The predicted octanol–water partition coefficient (Wildman–Crippen LogP) is 3.72. The highest BCUT2D eigenvalue weighted by Crippen LogP contribution is 2.35. The number of methoxy groups -OCH3 is 2. The Kier molecular flexibility index (Phi) is 8.45. The number of pyridine rings is 1. The zero-order chi connectivity index (χ0) is 20.8. The third kappa shape index (κ3) is 5.01. The number of aromatic nitrogens is 1. The number of benzene rings is 2. The molecule has 160 valence electrons. The number of rotatable bonds is 8. The fourth-order valence-corrected chi connectivity index (χ4v) is 3.44. The zero-order valence-electron chi connectivity index (χ0n) is 17.6. The molecule has 7 heteroatoms. The second kappa shape index (κ2) is 10.8. The molecule has 1 heterocycles. The normalized spacial score (nSPS) is 10.4. The van der Waals surface area contributed by atoms with E-state index in [9.17, 15) is 4.79 Å². The molecule has 6 nitrogen and oxygen atoms in total. The Balaban J connectivity index is 0.00000320. The third-order valence-corrected chi connectivity index (χ3v) is 5.04. The molecule has 2 aromatic carbocycles. The van der Waals surface area contributed by atoms with Crippen molar-refractivity contribution in [1.29, 1.82) is 0 Å². The minimum absolute atomic E-state index is 0. The highest BCUT2D eigenvalue weighted by Gasteiger charge is 2.18. The fraction of sp³-hybridized carbons (Fsp3) is 0.304. The van der Waals surface area contributed by atoms with Crippen LogP contribution in [0.1, 0.15) is 23.7 Å². The fourth-order valence-electron chi connectivity index (χ4n) is 3.44. The first-order valence-corrected chi connectivity index (χ1v) is 9.65. The first-order valence-electron chi connectivity index (χ1n) is 9.65. The summed E-state index contributed by atoms with van der Waals surface area (Å²) in [5.74, 6) is 1.27. The summed E-state index contributed by atoms with van der Waals surface area (Å²) >= 11 is 0. The Morgan fingerprint density at radius 2 is 1.70 bits per heavy atom. The molecule has 0 bridgehead atoms. The molecule has 2 N–H and O–H groups in total. The Morgan fingerprint density at radius 1 is 1.07 bits per heavy atom. The molecule has 1 amide bonds. The topological polar surface area (TPSA) is 77.7 Å². The summed E-state index contributed by atoms with van der Waals surface area (Å²) in [6, 6.07) is 13.8.